The number of methoxy groups -OCH3 is 1. The Balaban J connectivity index is 1.26. The number of fused-ring (bicyclic) bond motifs is 1. The average Bonchev–Trinajstić information content (AvgIpc) is 3.28. The van der Waals surface area contributed by atoms with Crippen molar-refractivity contribution in [1.29, 1.82) is 0 Å². The van der Waals surface area contributed by atoms with Crippen LogP contribution in [0.15, 0.2) is 54.6 Å². The number of carbonyl (C=O) groups is 1. The number of benzene rings is 2. The summed E-state index contributed by atoms with van der Waals surface area (Å²) >= 11 is 5.84. The minimum atomic E-state index is -0.959. The summed E-state index contributed by atoms with van der Waals surface area (Å²) in [7, 11) is 1.65. The summed E-state index contributed by atoms with van der Waals surface area (Å²) in [5.74, 6) is 0.270. The maximum absolute atomic E-state index is 14.1. The monoisotopic (exact) mass is 566 g/mol. The van der Waals surface area contributed by atoms with Crippen LogP contribution in [0.5, 0.6) is 5.88 Å². The summed E-state index contributed by atoms with van der Waals surface area (Å²) in [5, 5.41) is 9.81. The van der Waals surface area contributed by atoms with Crippen molar-refractivity contribution in [2.75, 3.05) is 20.3 Å². The largest absolute Gasteiger partial charge is 0.478 e. The van der Waals surface area contributed by atoms with Crippen LogP contribution >= 0.6 is 11.6 Å². The number of imidazole rings is 1. The van der Waals surface area contributed by atoms with Crippen LogP contribution in [0, 0.1) is 5.82 Å². The van der Waals surface area contributed by atoms with E-state index in [2.05, 4.69) is 16.4 Å². The number of pyridine rings is 1. The molecule has 4 aromatic rings. The zero-order valence-corrected chi connectivity index (χ0v) is 23.3. The lowest BCUT2D eigenvalue weighted by Gasteiger charge is -2.37. The van der Waals surface area contributed by atoms with E-state index in [1.807, 2.05) is 12.1 Å². The maximum Gasteiger partial charge on any atom is 0.335 e. The summed E-state index contributed by atoms with van der Waals surface area (Å²) in [6, 6.07) is 15.6. The molecule has 2 atom stereocenters. The zero-order chi connectivity index (χ0) is 28.2. The molecule has 0 unspecified atom stereocenters. The molecule has 1 N–H and O–H groups in total. The van der Waals surface area contributed by atoms with Crippen LogP contribution in [0.1, 0.15) is 53.1 Å². The highest BCUT2D eigenvalue weighted by atomic mass is 35.5. The molecule has 2 aromatic heterocycles. The predicted octanol–water partition coefficient (Wildman–Crippen LogP) is 5.92. The third kappa shape index (κ3) is 6.27. The molecule has 1 fully saturated rings. The summed E-state index contributed by atoms with van der Waals surface area (Å²) in [6.45, 7) is 4.89. The SMILES string of the molecule is COCCn1c(CN2CC[C@@H](c3cccc(OCc4ccc(Cl)cc4F)n3)C[C@@H]2C)nc2ccc(C(=O)O)cc21. The number of carboxylic acid groups (broad SMARTS) is 1. The summed E-state index contributed by atoms with van der Waals surface area (Å²) < 4.78 is 27.3. The van der Waals surface area contributed by atoms with Crippen LogP contribution in [0.4, 0.5) is 4.39 Å². The first-order valence-electron chi connectivity index (χ1n) is 13.3. The van der Waals surface area contributed by atoms with Crippen molar-refractivity contribution < 1.29 is 23.8 Å². The Bertz CT molecular complexity index is 1510. The van der Waals surface area contributed by atoms with E-state index in [-0.39, 0.29) is 24.1 Å². The van der Waals surface area contributed by atoms with Gasteiger partial charge in [0.05, 0.1) is 29.7 Å². The molecular formula is C30H32ClFN4O4. The smallest absolute Gasteiger partial charge is 0.335 e. The van der Waals surface area contributed by atoms with Crippen molar-refractivity contribution in [3.05, 3.63) is 88.1 Å². The van der Waals surface area contributed by atoms with Gasteiger partial charge in [0.15, 0.2) is 0 Å². The van der Waals surface area contributed by atoms with E-state index in [1.54, 1.807) is 43.5 Å². The van der Waals surface area contributed by atoms with E-state index >= 15 is 0 Å². The van der Waals surface area contributed by atoms with Crippen molar-refractivity contribution in [1.82, 2.24) is 19.4 Å². The van der Waals surface area contributed by atoms with Gasteiger partial charge in [-0.3, -0.25) is 4.90 Å². The van der Waals surface area contributed by atoms with Crippen molar-refractivity contribution in [2.24, 2.45) is 0 Å². The van der Waals surface area contributed by atoms with Crippen molar-refractivity contribution in [3.63, 3.8) is 0 Å². The van der Waals surface area contributed by atoms with Crippen LogP contribution in [0.2, 0.25) is 5.02 Å². The highest BCUT2D eigenvalue weighted by Crippen LogP contribution is 2.33. The molecule has 3 heterocycles. The molecule has 2 aromatic carbocycles. The molecule has 0 saturated carbocycles. The van der Waals surface area contributed by atoms with Gasteiger partial charge in [-0.25, -0.2) is 19.2 Å². The van der Waals surface area contributed by atoms with Gasteiger partial charge in [0, 0.05) is 48.0 Å². The first-order chi connectivity index (χ1) is 19.3. The molecular weight excluding hydrogens is 535 g/mol. The molecule has 1 saturated heterocycles. The lowest BCUT2D eigenvalue weighted by atomic mass is 9.88. The van der Waals surface area contributed by atoms with Crippen LogP contribution in [0.25, 0.3) is 11.0 Å². The van der Waals surface area contributed by atoms with Crippen LogP contribution in [-0.4, -0.2) is 56.8 Å². The average molecular weight is 567 g/mol. The van der Waals surface area contributed by atoms with Gasteiger partial charge in [-0.15, -0.1) is 0 Å². The molecule has 210 valence electrons. The number of hydrogen-bond acceptors (Lipinski definition) is 6. The second-order valence-electron chi connectivity index (χ2n) is 10.1. The first-order valence-corrected chi connectivity index (χ1v) is 13.7. The molecule has 0 spiro atoms. The van der Waals surface area contributed by atoms with E-state index in [0.717, 1.165) is 41.9 Å². The van der Waals surface area contributed by atoms with Gasteiger partial charge >= 0.3 is 5.97 Å². The predicted molar refractivity (Wildman–Crippen MR) is 150 cm³/mol. The Labute approximate surface area is 237 Å². The fourth-order valence-corrected chi connectivity index (χ4v) is 5.45. The van der Waals surface area contributed by atoms with Crippen molar-refractivity contribution in [2.45, 2.75) is 51.4 Å². The molecule has 0 radical (unpaired) electrons. The van der Waals surface area contributed by atoms with Gasteiger partial charge in [0.2, 0.25) is 5.88 Å². The standard InChI is InChI=1S/C30H32ClFN4O4/c1-19-14-20(25-4-3-5-29(34-25)40-18-22-6-8-23(31)16-24(22)32)10-11-35(19)17-28-33-26-9-7-21(30(37)38)15-27(26)36(28)12-13-39-2/h3-9,15-16,19-20H,10-14,17-18H2,1-2H3,(H,37,38)/t19-,20+/m0/s1. The zero-order valence-electron chi connectivity index (χ0n) is 22.5. The number of carboxylic acids is 1. The van der Waals surface area contributed by atoms with Gasteiger partial charge in [0.25, 0.3) is 0 Å². The maximum atomic E-state index is 14.1. The molecule has 10 heteroatoms. The molecule has 0 amide bonds. The number of piperidine rings is 1. The van der Waals surface area contributed by atoms with Gasteiger partial charge < -0.3 is 19.1 Å². The number of hydrogen-bond donors (Lipinski definition) is 1. The molecule has 0 aliphatic carbocycles. The number of aromatic nitrogens is 3. The summed E-state index contributed by atoms with van der Waals surface area (Å²) in [6.07, 6.45) is 1.85. The quantitative estimate of drug-likeness (QED) is 0.255. The van der Waals surface area contributed by atoms with E-state index < -0.39 is 11.8 Å². The molecule has 5 rings (SSSR count). The summed E-state index contributed by atoms with van der Waals surface area (Å²) in [5.41, 5.74) is 3.21. The number of likely N-dealkylation sites (tertiary alicyclic amines) is 1. The van der Waals surface area contributed by atoms with Crippen LogP contribution in [0.3, 0.4) is 0 Å². The van der Waals surface area contributed by atoms with Crippen molar-refractivity contribution in [3.8, 4) is 5.88 Å². The Morgan fingerprint density at radius 3 is 2.77 bits per heavy atom. The van der Waals surface area contributed by atoms with E-state index in [1.165, 1.54) is 6.07 Å². The minimum Gasteiger partial charge on any atom is -0.478 e. The fourth-order valence-electron chi connectivity index (χ4n) is 5.29. The Kier molecular flexibility index (Phi) is 8.63. The van der Waals surface area contributed by atoms with E-state index in [0.29, 0.717) is 36.2 Å². The third-order valence-electron chi connectivity index (χ3n) is 7.51. The molecule has 1 aliphatic heterocycles. The Morgan fingerprint density at radius 1 is 1.18 bits per heavy atom. The molecule has 0 bridgehead atoms. The van der Waals surface area contributed by atoms with Gasteiger partial charge in [0.1, 0.15) is 18.2 Å². The normalized spacial score (nSPS) is 17.8. The summed E-state index contributed by atoms with van der Waals surface area (Å²) in [4.78, 5) is 23.5. The van der Waals surface area contributed by atoms with Crippen LogP contribution in [-0.2, 0) is 24.4 Å². The highest BCUT2D eigenvalue weighted by molar-refractivity contribution is 6.30. The van der Waals surface area contributed by atoms with Gasteiger partial charge in [-0.05, 0) is 62.7 Å². The Morgan fingerprint density at radius 2 is 2.02 bits per heavy atom. The second kappa shape index (κ2) is 12.3. The minimum absolute atomic E-state index is 0.0757. The number of halogens is 2. The molecule has 8 nitrogen and oxygen atoms in total. The Hall–Kier alpha value is -3.53. The lowest BCUT2D eigenvalue weighted by molar-refractivity contribution is 0.0697. The van der Waals surface area contributed by atoms with E-state index in [9.17, 15) is 14.3 Å². The number of ether oxygens (including phenoxy) is 2. The van der Waals surface area contributed by atoms with Crippen LogP contribution < -0.4 is 4.74 Å². The first kappa shape index (κ1) is 28.0. The lowest BCUT2D eigenvalue weighted by Crippen LogP contribution is -2.40. The van der Waals surface area contributed by atoms with Gasteiger partial charge in [-0.2, -0.15) is 0 Å². The van der Waals surface area contributed by atoms with Crippen molar-refractivity contribution >= 4 is 28.6 Å². The number of rotatable bonds is 10. The number of nitrogens with zero attached hydrogens (tertiary/aromatic N) is 4. The fraction of sp³-hybridized carbons (Fsp3) is 0.367. The topological polar surface area (TPSA) is 89.7 Å². The molecule has 1 aliphatic rings. The van der Waals surface area contributed by atoms with E-state index in [4.69, 9.17) is 31.0 Å². The molecule has 40 heavy (non-hydrogen) atoms. The third-order valence-corrected chi connectivity index (χ3v) is 7.74. The van der Waals surface area contributed by atoms with Gasteiger partial charge in [-0.1, -0.05) is 23.7 Å². The second-order valence-corrected chi connectivity index (χ2v) is 10.6. The highest BCUT2D eigenvalue weighted by Gasteiger charge is 2.29. The number of aromatic carboxylic acids is 1.